The Bertz CT molecular complexity index is 759. The molecule has 1 fully saturated rings. The summed E-state index contributed by atoms with van der Waals surface area (Å²) in [7, 11) is 1.93. The van der Waals surface area contributed by atoms with E-state index in [9.17, 15) is 4.79 Å². The minimum absolute atomic E-state index is 0.0541. The number of aromatic nitrogens is 2. The Hall–Kier alpha value is -2.43. The number of hydrogen-bond acceptors (Lipinski definition) is 4. The third kappa shape index (κ3) is 4.85. The van der Waals surface area contributed by atoms with Gasteiger partial charge < -0.3 is 9.80 Å². The van der Waals surface area contributed by atoms with Gasteiger partial charge >= 0.3 is 0 Å². The highest BCUT2D eigenvalue weighted by Gasteiger charge is 2.28. The van der Waals surface area contributed by atoms with Crippen LogP contribution in [0.1, 0.15) is 38.2 Å². The molecule has 1 aliphatic heterocycles. The molecule has 1 aromatic carbocycles. The number of amides is 1. The maximum atomic E-state index is 12.8. The molecule has 5 heteroatoms. The Kier molecular flexibility index (Phi) is 6.43. The van der Waals surface area contributed by atoms with E-state index in [0.29, 0.717) is 0 Å². The minimum Gasteiger partial charge on any atom is -0.356 e. The van der Waals surface area contributed by atoms with E-state index in [1.54, 1.807) is 0 Å². The van der Waals surface area contributed by atoms with Crippen molar-refractivity contribution in [2.75, 3.05) is 31.6 Å². The molecule has 1 aromatic heterocycles. The number of benzene rings is 1. The lowest BCUT2D eigenvalue weighted by molar-refractivity contribution is -0.134. The summed E-state index contributed by atoms with van der Waals surface area (Å²) in [6.45, 7) is 6.74. The molecule has 5 nitrogen and oxygen atoms in total. The zero-order valence-electron chi connectivity index (χ0n) is 16.7. The molecule has 0 radical (unpaired) electrons. The topological polar surface area (TPSA) is 49.3 Å². The second-order valence-corrected chi connectivity index (χ2v) is 7.50. The van der Waals surface area contributed by atoms with Crippen LogP contribution in [0.5, 0.6) is 0 Å². The lowest BCUT2D eigenvalue weighted by Gasteiger charge is -2.34. The van der Waals surface area contributed by atoms with Gasteiger partial charge in [0.2, 0.25) is 5.91 Å². The molecule has 144 valence electrons. The lowest BCUT2D eigenvalue weighted by atomic mass is 9.96. The highest BCUT2D eigenvalue weighted by molar-refractivity contribution is 5.79. The van der Waals surface area contributed by atoms with Crippen LogP contribution in [0.25, 0.3) is 11.4 Å². The first-order chi connectivity index (χ1) is 13.1. The molecule has 27 heavy (non-hydrogen) atoms. The second-order valence-electron chi connectivity index (χ2n) is 7.50. The Morgan fingerprint density at radius 3 is 2.78 bits per heavy atom. The van der Waals surface area contributed by atoms with Crippen LogP contribution >= 0.6 is 0 Å². The van der Waals surface area contributed by atoms with E-state index in [4.69, 9.17) is 4.98 Å². The van der Waals surface area contributed by atoms with Crippen molar-refractivity contribution in [1.29, 1.82) is 0 Å². The molecule has 0 bridgehead atoms. The van der Waals surface area contributed by atoms with Gasteiger partial charge in [-0.15, -0.1) is 0 Å². The maximum Gasteiger partial charge on any atom is 0.227 e. The SMILES string of the molecule is CCCCN(C)C(=O)[C@H]1CCCN(c2ccnc(-c3ccc(C)cc3)n2)C1. The molecule has 0 N–H and O–H groups in total. The fourth-order valence-electron chi connectivity index (χ4n) is 3.57. The van der Waals surface area contributed by atoms with E-state index in [-0.39, 0.29) is 11.8 Å². The van der Waals surface area contributed by atoms with Gasteiger partial charge in [-0.2, -0.15) is 0 Å². The van der Waals surface area contributed by atoms with Gasteiger partial charge in [0, 0.05) is 38.4 Å². The first kappa shape index (κ1) is 19.3. The zero-order valence-corrected chi connectivity index (χ0v) is 16.7. The zero-order chi connectivity index (χ0) is 19.2. The smallest absolute Gasteiger partial charge is 0.227 e. The van der Waals surface area contributed by atoms with E-state index in [1.807, 2.05) is 24.2 Å². The number of piperidine rings is 1. The molecule has 0 saturated carbocycles. The van der Waals surface area contributed by atoms with Crippen molar-refractivity contribution in [3.63, 3.8) is 0 Å². The van der Waals surface area contributed by atoms with Gasteiger partial charge in [0.1, 0.15) is 5.82 Å². The molecule has 1 aliphatic rings. The number of carbonyl (C=O) groups is 1. The quantitative estimate of drug-likeness (QED) is 0.777. The van der Waals surface area contributed by atoms with Crippen LogP contribution in [0.2, 0.25) is 0 Å². The molecule has 1 atom stereocenters. The molecule has 0 aliphatic carbocycles. The number of nitrogens with zero attached hydrogens (tertiary/aromatic N) is 4. The normalized spacial score (nSPS) is 17.0. The van der Waals surface area contributed by atoms with Crippen molar-refractivity contribution in [2.45, 2.75) is 39.5 Å². The number of unbranched alkanes of at least 4 members (excludes halogenated alkanes) is 1. The van der Waals surface area contributed by atoms with Crippen LogP contribution < -0.4 is 4.90 Å². The number of anilines is 1. The van der Waals surface area contributed by atoms with Gasteiger partial charge in [-0.1, -0.05) is 43.2 Å². The van der Waals surface area contributed by atoms with Gasteiger partial charge in [0.15, 0.2) is 5.82 Å². The van der Waals surface area contributed by atoms with Crippen LogP contribution in [-0.4, -0.2) is 47.5 Å². The lowest BCUT2D eigenvalue weighted by Crippen LogP contribution is -2.44. The second kappa shape index (κ2) is 8.98. The summed E-state index contributed by atoms with van der Waals surface area (Å²) in [6.07, 6.45) is 5.96. The van der Waals surface area contributed by atoms with Crippen molar-refractivity contribution in [1.82, 2.24) is 14.9 Å². The van der Waals surface area contributed by atoms with Crippen LogP contribution in [0.3, 0.4) is 0 Å². The largest absolute Gasteiger partial charge is 0.356 e. The summed E-state index contributed by atoms with van der Waals surface area (Å²) in [5, 5.41) is 0. The minimum atomic E-state index is 0.0541. The monoisotopic (exact) mass is 366 g/mol. The summed E-state index contributed by atoms with van der Waals surface area (Å²) in [5.74, 6) is 1.97. The van der Waals surface area contributed by atoms with Gasteiger partial charge in [0.05, 0.1) is 5.92 Å². The maximum absolute atomic E-state index is 12.8. The van der Waals surface area contributed by atoms with Gasteiger partial charge in [0.25, 0.3) is 0 Å². The predicted molar refractivity (Wildman–Crippen MR) is 110 cm³/mol. The van der Waals surface area contributed by atoms with Crippen LogP contribution in [0, 0.1) is 12.8 Å². The average Bonchev–Trinajstić information content (AvgIpc) is 2.72. The summed E-state index contributed by atoms with van der Waals surface area (Å²) < 4.78 is 0. The number of carbonyl (C=O) groups excluding carboxylic acids is 1. The third-order valence-electron chi connectivity index (χ3n) is 5.27. The molecule has 2 aromatic rings. The van der Waals surface area contributed by atoms with Gasteiger partial charge in [-0.05, 0) is 32.3 Å². The first-order valence-electron chi connectivity index (χ1n) is 9.98. The summed E-state index contributed by atoms with van der Waals surface area (Å²) in [5.41, 5.74) is 2.24. The average molecular weight is 367 g/mol. The number of aryl methyl sites for hydroxylation is 1. The Balaban J connectivity index is 1.71. The summed E-state index contributed by atoms with van der Waals surface area (Å²) in [6, 6.07) is 10.2. The molecular weight excluding hydrogens is 336 g/mol. The molecular formula is C22H30N4O. The highest BCUT2D eigenvalue weighted by atomic mass is 16.2. The van der Waals surface area contributed by atoms with E-state index in [2.05, 4.69) is 48.0 Å². The fourth-order valence-corrected chi connectivity index (χ4v) is 3.57. The van der Waals surface area contributed by atoms with Crippen molar-refractivity contribution in [2.24, 2.45) is 5.92 Å². The summed E-state index contributed by atoms with van der Waals surface area (Å²) >= 11 is 0. The van der Waals surface area contributed by atoms with E-state index >= 15 is 0 Å². The molecule has 3 rings (SSSR count). The molecule has 2 heterocycles. The highest BCUT2D eigenvalue weighted by Crippen LogP contribution is 2.25. The Labute approximate surface area is 162 Å². The predicted octanol–water partition coefficient (Wildman–Crippen LogP) is 3.93. The van der Waals surface area contributed by atoms with Crippen LogP contribution in [-0.2, 0) is 4.79 Å². The molecule has 0 spiro atoms. The van der Waals surface area contributed by atoms with Gasteiger partial charge in [-0.25, -0.2) is 9.97 Å². The summed E-state index contributed by atoms with van der Waals surface area (Å²) in [4.78, 5) is 26.1. The van der Waals surface area contributed by atoms with Gasteiger partial charge in [-0.3, -0.25) is 4.79 Å². The van der Waals surface area contributed by atoms with Crippen molar-refractivity contribution in [3.8, 4) is 11.4 Å². The molecule has 0 unspecified atom stereocenters. The van der Waals surface area contributed by atoms with Crippen LogP contribution in [0.4, 0.5) is 5.82 Å². The molecule has 1 saturated heterocycles. The number of rotatable bonds is 6. The van der Waals surface area contributed by atoms with Crippen molar-refractivity contribution >= 4 is 11.7 Å². The van der Waals surface area contributed by atoms with E-state index < -0.39 is 0 Å². The van der Waals surface area contributed by atoms with Crippen LogP contribution in [0.15, 0.2) is 36.5 Å². The first-order valence-corrected chi connectivity index (χ1v) is 9.98. The van der Waals surface area contributed by atoms with E-state index in [0.717, 1.165) is 62.5 Å². The Morgan fingerprint density at radius 1 is 1.26 bits per heavy atom. The fraction of sp³-hybridized carbons (Fsp3) is 0.500. The number of hydrogen-bond donors (Lipinski definition) is 0. The van der Waals surface area contributed by atoms with Crippen molar-refractivity contribution < 1.29 is 4.79 Å². The molecule has 1 amide bonds. The Morgan fingerprint density at radius 2 is 2.04 bits per heavy atom. The van der Waals surface area contributed by atoms with E-state index in [1.165, 1.54) is 5.56 Å². The third-order valence-corrected chi connectivity index (χ3v) is 5.27. The standard InChI is InChI=1S/C22H30N4O/c1-4-5-14-25(3)22(27)19-7-6-15-26(16-19)20-12-13-23-21(24-20)18-10-8-17(2)9-11-18/h8-13,19H,4-7,14-16H2,1-3H3/t19-/m0/s1. The van der Waals surface area contributed by atoms with Crippen molar-refractivity contribution in [3.05, 3.63) is 42.1 Å².